The third kappa shape index (κ3) is 3.96. The second kappa shape index (κ2) is 7.59. The van der Waals surface area contributed by atoms with Gasteiger partial charge in [0.25, 0.3) is 15.9 Å². The second-order valence-corrected chi connectivity index (χ2v) is 8.51. The highest BCUT2D eigenvalue weighted by Crippen LogP contribution is 2.23. The maximum Gasteiger partial charge on any atom is 0.263 e. The number of sulfonamides is 1. The molecule has 0 saturated carbocycles. The van der Waals surface area contributed by atoms with Crippen LogP contribution in [0.25, 0.3) is 0 Å². The van der Waals surface area contributed by atoms with Gasteiger partial charge in [-0.05, 0) is 31.9 Å². The van der Waals surface area contributed by atoms with Gasteiger partial charge in [0.15, 0.2) is 0 Å². The van der Waals surface area contributed by atoms with Gasteiger partial charge in [0.05, 0.1) is 5.56 Å². The summed E-state index contributed by atoms with van der Waals surface area (Å²) in [5.74, 6) is -0.477. The number of aromatic nitrogens is 2. The summed E-state index contributed by atoms with van der Waals surface area (Å²) in [5, 5.41) is 6.67. The van der Waals surface area contributed by atoms with Crippen LogP contribution in [-0.4, -0.2) is 41.5 Å². The van der Waals surface area contributed by atoms with Crippen LogP contribution < -0.4 is 5.32 Å². The minimum atomic E-state index is -3.80. The summed E-state index contributed by atoms with van der Waals surface area (Å²) in [4.78, 5) is 12.7. The number of aryl methyl sites for hydroxylation is 2. The van der Waals surface area contributed by atoms with E-state index in [9.17, 15) is 13.2 Å². The molecule has 26 heavy (non-hydrogen) atoms. The Morgan fingerprint density at radius 3 is 2.31 bits per heavy atom. The SMILES string of the molecule is Cc1ccc(NC(=O)c2cn(C)nc2S(=O)(=O)N2CCCCCC2)cc1. The lowest BCUT2D eigenvalue weighted by Crippen LogP contribution is -2.33. The molecule has 140 valence electrons. The molecule has 7 nitrogen and oxygen atoms in total. The van der Waals surface area contributed by atoms with E-state index in [-0.39, 0.29) is 10.6 Å². The molecule has 8 heteroatoms. The van der Waals surface area contributed by atoms with Crippen LogP contribution in [0.4, 0.5) is 5.69 Å². The Kier molecular flexibility index (Phi) is 5.43. The molecule has 1 aliphatic heterocycles. The van der Waals surface area contributed by atoms with E-state index < -0.39 is 15.9 Å². The van der Waals surface area contributed by atoms with Crippen LogP contribution >= 0.6 is 0 Å². The minimum absolute atomic E-state index is 0.0670. The van der Waals surface area contributed by atoms with Gasteiger partial charge >= 0.3 is 0 Å². The molecule has 0 bridgehead atoms. The van der Waals surface area contributed by atoms with E-state index in [0.29, 0.717) is 18.8 Å². The Morgan fingerprint density at radius 1 is 1.08 bits per heavy atom. The first kappa shape index (κ1) is 18.6. The van der Waals surface area contributed by atoms with Gasteiger partial charge in [0, 0.05) is 32.0 Å². The van der Waals surface area contributed by atoms with E-state index >= 15 is 0 Å². The highest BCUT2D eigenvalue weighted by molar-refractivity contribution is 7.89. The van der Waals surface area contributed by atoms with E-state index in [4.69, 9.17) is 0 Å². The van der Waals surface area contributed by atoms with Crippen molar-refractivity contribution in [2.45, 2.75) is 37.6 Å². The van der Waals surface area contributed by atoms with E-state index in [1.165, 1.54) is 15.2 Å². The predicted molar refractivity (Wildman–Crippen MR) is 99.6 cm³/mol. The molecule has 1 N–H and O–H groups in total. The lowest BCUT2D eigenvalue weighted by Gasteiger charge is -2.19. The molecular weight excluding hydrogens is 352 g/mol. The molecule has 0 unspecified atom stereocenters. The molecule has 0 radical (unpaired) electrons. The molecule has 1 saturated heterocycles. The van der Waals surface area contributed by atoms with Crippen molar-refractivity contribution in [1.29, 1.82) is 0 Å². The van der Waals surface area contributed by atoms with Gasteiger partial charge in [-0.2, -0.15) is 9.40 Å². The number of hydrogen-bond acceptors (Lipinski definition) is 4. The smallest absolute Gasteiger partial charge is 0.263 e. The summed E-state index contributed by atoms with van der Waals surface area (Å²) in [7, 11) is -2.18. The van der Waals surface area contributed by atoms with Crippen molar-refractivity contribution >= 4 is 21.6 Å². The fraction of sp³-hybridized carbons (Fsp3) is 0.444. The Morgan fingerprint density at radius 2 is 1.69 bits per heavy atom. The quantitative estimate of drug-likeness (QED) is 0.889. The molecule has 1 aliphatic rings. The fourth-order valence-electron chi connectivity index (χ4n) is 3.05. The summed E-state index contributed by atoms with van der Waals surface area (Å²) in [6, 6.07) is 7.33. The first-order valence-electron chi connectivity index (χ1n) is 8.80. The molecule has 1 amide bonds. The molecule has 1 fully saturated rings. The molecule has 2 aromatic rings. The molecule has 0 atom stereocenters. The highest BCUT2D eigenvalue weighted by atomic mass is 32.2. The molecule has 1 aromatic heterocycles. The van der Waals surface area contributed by atoms with Crippen LogP contribution in [0.15, 0.2) is 35.5 Å². The van der Waals surface area contributed by atoms with Gasteiger partial charge < -0.3 is 5.32 Å². The van der Waals surface area contributed by atoms with Crippen molar-refractivity contribution in [3.63, 3.8) is 0 Å². The average molecular weight is 376 g/mol. The molecular formula is C18H24N4O3S. The van der Waals surface area contributed by atoms with Crippen LogP contribution in [0, 0.1) is 6.92 Å². The van der Waals surface area contributed by atoms with Crippen LogP contribution in [-0.2, 0) is 17.1 Å². The molecule has 3 rings (SSSR count). The predicted octanol–water partition coefficient (Wildman–Crippen LogP) is 2.55. The zero-order chi connectivity index (χ0) is 18.7. The first-order chi connectivity index (χ1) is 12.4. The number of amides is 1. The maximum absolute atomic E-state index is 13.0. The molecule has 0 spiro atoms. The van der Waals surface area contributed by atoms with Crippen LogP contribution in [0.2, 0.25) is 0 Å². The molecule has 0 aliphatic carbocycles. The summed E-state index contributed by atoms with van der Waals surface area (Å²) >= 11 is 0. The zero-order valence-electron chi connectivity index (χ0n) is 15.1. The van der Waals surface area contributed by atoms with Crippen molar-refractivity contribution < 1.29 is 13.2 Å². The lowest BCUT2D eigenvalue weighted by atomic mass is 10.2. The number of carbonyl (C=O) groups excluding carboxylic acids is 1. The largest absolute Gasteiger partial charge is 0.322 e. The summed E-state index contributed by atoms with van der Waals surface area (Å²) in [6.07, 6.45) is 5.16. The third-order valence-corrected chi connectivity index (χ3v) is 6.33. The molecule has 2 heterocycles. The summed E-state index contributed by atoms with van der Waals surface area (Å²) < 4.78 is 28.9. The maximum atomic E-state index is 13.0. The number of hydrogen-bond donors (Lipinski definition) is 1. The number of nitrogens with zero attached hydrogens (tertiary/aromatic N) is 3. The van der Waals surface area contributed by atoms with Gasteiger partial charge in [-0.1, -0.05) is 30.5 Å². The van der Waals surface area contributed by atoms with Crippen molar-refractivity contribution in [3.8, 4) is 0 Å². The van der Waals surface area contributed by atoms with Gasteiger partial charge in [-0.3, -0.25) is 9.48 Å². The van der Waals surface area contributed by atoms with Crippen molar-refractivity contribution in [2.75, 3.05) is 18.4 Å². The number of anilines is 1. The Bertz CT molecular complexity index is 880. The van der Waals surface area contributed by atoms with E-state index in [0.717, 1.165) is 31.2 Å². The topological polar surface area (TPSA) is 84.3 Å². The van der Waals surface area contributed by atoms with Gasteiger partial charge in [-0.25, -0.2) is 8.42 Å². The van der Waals surface area contributed by atoms with E-state index in [1.807, 2.05) is 19.1 Å². The number of nitrogens with one attached hydrogen (secondary N) is 1. The number of benzene rings is 1. The van der Waals surface area contributed by atoms with Gasteiger partial charge in [0.2, 0.25) is 5.03 Å². The summed E-state index contributed by atoms with van der Waals surface area (Å²) in [5.41, 5.74) is 1.76. The minimum Gasteiger partial charge on any atom is -0.322 e. The number of rotatable bonds is 4. The van der Waals surface area contributed by atoms with E-state index in [1.54, 1.807) is 19.2 Å². The lowest BCUT2D eigenvalue weighted by molar-refractivity contribution is 0.102. The Hall–Kier alpha value is -2.19. The second-order valence-electron chi connectivity index (χ2n) is 6.66. The Labute approximate surface area is 154 Å². The fourth-order valence-corrected chi connectivity index (χ4v) is 4.69. The van der Waals surface area contributed by atoms with E-state index in [2.05, 4.69) is 10.4 Å². The van der Waals surface area contributed by atoms with Crippen molar-refractivity contribution in [1.82, 2.24) is 14.1 Å². The normalized spacial score (nSPS) is 16.2. The highest BCUT2D eigenvalue weighted by Gasteiger charge is 2.32. The van der Waals surface area contributed by atoms with Gasteiger partial charge in [0.1, 0.15) is 0 Å². The van der Waals surface area contributed by atoms with Crippen molar-refractivity contribution in [3.05, 3.63) is 41.6 Å². The monoisotopic (exact) mass is 376 g/mol. The van der Waals surface area contributed by atoms with Crippen LogP contribution in [0.1, 0.15) is 41.6 Å². The van der Waals surface area contributed by atoms with Crippen LogP contribution in [0.5, 0.6) is 0 Å². The standard InChI is InChI=1S/C18H24N4O3S/c1-14-7-9-15(10-8-14)19-17(23)16-13-21(2)20-18(16)26(24,25)22-11-5-3-4-6-12-22/h7-10,13H,3-6,11-12H2,1-2H3,(H,19,23). The van der Waals surface area contributed by atoms with Crippen molar-refractivity contribution in [2.24, 2.45) is 7.05 Å². The first-order valence-corrected chi connectivity index (χ1v) is 10.2. The number of carbonyl (C=O) groups is 1. The Balaban J connectivity index is 1.89. The zero-order valence-corrected chi connectivity index (χ0v) is 15.9. The molecule has 1 aromatic carbocycles. The van der Waals surface area contributed by atoms with Crippen LogP contribution in [0.3, 0.4) is 0 Å². The third-order valence-electron chi connectivity index (χ3n) is 4.50. The average Bonchev–Trinajstić information content (AvgIpc) is 2.82. The summed E-state index contributed by atoms with van der Waals surface area (Å²) in [6.45, 7) is 2.90. The van der Waals surface area contributed by atoms with Gasteiger partial charge in [-0.15, -0.1) is 0 Å².